The van der Waals surface area contributed by atoms with Gasteiger partial charge in [-0.25, -0.2) is 9.69 Å². The fourth-order valence-electron chi connectivity index (χ4n) is 3.17. The van der Waals surface area contributed by atoms with Crippen LogP contribution in [0.2, 0.25) is 0 Å². The third-order valence-electron chi connectivity index (χ3n) is 4.83. The van der Waals surface area contributed by atoms with E-state index in [0.29, 0.717) is 0 Å². The normalized spacial score (nSPS) is 21.1. The van der Waals surface area contributed by atoms with Gasteiger partial charge in [0.15, 0.2) is 12.7 Å². The van der Waals surface area contributed by atoms with Gasteiger partial charge in [-0.2, -0.15) is 37.9 Å². The lowest BCUT2D eigenvalue weighted by Gasteiger charge is -2.48. The van der Waals surface area contributed by atoms with E-state index in [0.717, 1.165) is 14.7 Å². The summed E-state index contributed by atoms with van der Waals surface area (Å²) in [6.45, 7) is 4.13. The molecule has 0 aromatic rings. The zero-order valence-corrected chi connectivity index (χ0v) is 23.4. The molecule has 1 aliphatic heterocycles. The van der Waals surface area contributed by atoms with Crippen molar-refractivity contribution in [2.75, 3.05) is 39.5 Å². The summed E-state index contributed by atoms with van der Waals surface area (Å²) in [7, 11) is 0. The first-order valence-electron chi connectivity index (χ1n) is 11.5. The Morgan fingerprint density at radius 3 is 1.33 bits per heavy atom. The lowest BCUT2D eigenvalue weighted by molar-refractivity contribution is -0.233. The SMILES string of the molecule is CC(S)CC(=O)OCCN1C(=O)N(CCOC(=O)CC(C)S)C(O)N(CCOC(=O)CC(C)S)C1O. The van der Waals surface area contributed by atoms with Crippen molar-refractivity contribution in [3.8, 4) is 0 Å². The zero-order valence-electron chi connectivity index (χ0n) is 20.7. The van der Waals surface area contributed by atoms with E-state index in [9.17, 15) is 29.4 Å². The smallest absolute Gasteiger partial charge is 0.326 e. The molecule has 1 heterocycles. The van der Waals surface area contributed by atoms with Crippen LogP contribution in [-0.2, 0) is 28.6 Å². The average molecular weight is 572 g/mol. The molecule has 0 aromatic heterocycles. The van der Waals surface area contributed by atoms with Crippen molar-refractivity contribution in [3.05, 3.63) is 0 Å². The van der Waals surface area contributed by atoms with Crippen molar-refractivity contribution in [3.63, 3.8) is 0 Å². The Balaban J connectivity index is 2.85. The maximum Gasteiger partial charge on any atom is 0.326 e. The topological polar surface area (TPSA) is 146 Å². The van der Waals surface area contributed by atoms with Crippen molar-refractivity contribution in [1.82, 2.24) is 14.7 Å². The van der Waals surface area contributed by atoms with E-state index >= 15 is 0 Å². The van der Waals surface area contributed by atoms with Gasteiger partial charge in [-0.05, 0) is 0 Å². The Morgan fingerprint density at radius 1 is 0.722 bits per heavy atom. The van der Waals surface area contributed by atoms with Crippen LogP contribution >= 0.6 is 37.9 Å². The highest BCUT2D eigenvalue weighted by molar-refractivity contribution is 7.81. The standard InChI is InChI=1S/C21H37N3O9S3/c1-13(34)10-16(25)31-7-4-22-19(28)23(5-8-32-17(26)11-14(2)35)21(30)24(20(22)29)6-9-33-18(27)12-15(3)36/h13-15,19-20,28-29,34-36H,4-12H2,1-3H3. The molecule has 2 N–H and O–H groups in total. The van der Waals surface area contributed by atoms with Crippen LogP contribution in [0.25, 0.3) is 0 Å². The van der Waals surface area contributed by atoms with Crippen LogP contribution in [0.15, 0.2) is 0 Å². The molecule has 0 radical (unpaired) electrons. The number of hydrogen-bond acceptors (Lipinski definition) is 13. The number of nitrogens with zero attached hydrogens (tertiary/aromatic N) is 3. The van der Waals surface area contributed by atoms with Gasteiger partial charge in [0.2, 0.25) is 0 Å². The van der Waals surface area contributed by atoms with E-state index in [1.54, 1.807) is 20.8 Å². The molecular weight excluding hydrogens is 534 g/mol. The lowest BCUT2D eigenvalue weighted by atomic mass is 10.3. The molecule has 0 aromatic carbocycles. The molecule has 0 spiro atoms. The Kier molecular flexibility index (Phi) is 14.9. The van der Waals surface area contributed by atoms with Crippen molar-refractivity contribution in [2.45, 2.75) is 68.5 Å². The number of aliphatic hydroxyl groups is 2. The minimum Gasteiger partial charge on any atom is -0.464 e. The Hall–Kier alpha value is -1.39. The van der Waals surface area contributed by atoms with Gasteiger partial charge < -0.3 is 24.4 Å². The largest absolute Gasteiger partial charge is 0.464 e. The van der Waals surface area contributed by atoms with E-state index in [-0.39, 0.29) is 74.5 Å². The van der Waals surface area contributed by atoms with Gasteiger partial charge in [-0.3, -0.25) is 24.2 Å². The summed E-state index contributed by atoms with van der Waals surface area (Å²) < 4.78 is 15.3. The molecule has 2 amide bonds. The zero-order chi connectivity index (χ0) is 27.4. The molecule has 0 bridgehead atoms. The van der Waals surface area contributed by atoms with Crippen LogP contribution in [0.4, 0.5) is 4.79 Å². The molecule has 36 heavy (non-hydrogen) atoms. The Morgan fingerprint density at radius 2 is 1.03 bits per heavy atom. The van der Waals surface area contributed by atoms with Crippen LogP contribution < -0.4 is 0 Å². The second-order valence-electron chi connectivity index (χ2n) is 8.42. The van der Waals surface area contributed by atoms with E-state index in [1.165, 1.54) is 0 Å². The number of rotatable bonds is 15. The maximum absolute atomic E-state index is 13.0. The highest BCUT2D eigenvalue weighted by Gasteiger charge is 2.43. The van der Waals surface area contributed by atoms with Gasteiger partial charge in [0.25, 0.3) is 0 Å². The number of thiol groups is 3. The molecule has 0 saturated carbocycles. The summed E-state index contributed by atoms with van der Waals surface area (Å²) in [5, 5.41) is 20.9. The summed E-state index contributed by atoms with van der Waals surface area (Å²) in [5.41, 5.74) is 0. The molecule has 1 fully saturated rings. The number of amides is 2. The number of carbonyl (C=O) groups is 4. The fraction of sp³-hybridized carbons (Fsp3) is 0.810. The molecule has 0 aliphatic carbocycles. The highest BCUT2D eigenvalue weighted by Crippen LogP contribution is 2.20. The fourth-order valence-corrected chi connectivity index (χ4v) is 3.62. The van der Waals surface area contributed by atoms with Crippen molar-refractivity contribution in [2.24, 2.45) is 0 Å². The first-order chi connectivity index (χ1) is 16.8. The predicted molar refractivity (Wildman–Crippen MR) is 140 cm³/mol. The monoisotopic (exact) mass is 571 g/mol. The van der Waals surface area contributed by atoms with E-state index in [4.69, 9.17) is 14.2 Å². The van der Waals surface area contributed by atoms with Crippen LogP contribution in [0.5, 0.6) is 0 Å². The summed E-state index contributed by atoms with van der Waals surface area (Å²) in [6, 6.07) is -0.760. The van der Waals surface area contributed by atoms with E-state index < -0.39 is 36.6 Å². The van der Waals surface area contributed by atoms with Crippen molar-refractivity contribution in [1.29, 1.82) is 0 Å². The molecule has 15 heteroatoms. The van der Waals surface area contributed by atoms with Crippen LogP contribution in [0.3, 0.4) is 0 Å². The minimum atomic E-state index is -1.60. The number of aliphatic hydroxyl groups excluding tert-OH is 2. The molecule has 12 nitrogen and oxygen atoms in total. The average Bonchev–Trinajstić information content (AvgIpc) is 2.73. The van der Waals surface area contributed by atoms with Gasteiger partial charge in [-0.1, -0.05) is 20.8 Å². The van der Waals surface area contributed by atoms with Crippen LogP contribution in [0.1, 0.15) is 40.0 Å². The maximum atomic E-state index is 13.0. The Labute approximate surface area is 227 Å². The molecule has 5 unspecified atom stereocenters. The van der Waals surface area contributed by atoms with Crippen LogP contribution in [0, 0.1) is 0 Å². The summed E-state index contributed by atoms with van der Waals surface area (Å²) >= 11 is 12.4. The lowest BCUT2D eigenvalue weighted by Crippen LogP contribution is -2.69. The number of urea groups is 1. The van der Waals surface area contributed by atoms with Gasteiger partial charge >= 0.3 is 23.9 Å². The van der Waals surface area contributed by atoms with E-state index in [2.05, 4.69) is 37.9 Å². The third-order valence-corrected chi connectivity index (χ3v) is 5.38. The van der Waals surface area contributed by atoms with E-state index in [1.807, 2.05) is 0 Å². The first-order valence-corrected chi connectivity index (χ1v) is 13.1. The minimum absolute atomic E-state index is 0.0725. The second-order valence-corrected chi connectivity index (χ2v) is 11.1. The molecule has 1 saturated heterocycles. The summed E-state index contributed by atoms with van der Waals surface area (Å²) in [4.78, 5) is 51.5. The quantitative estimate of drug-likeness (QED) is 0.106. The third kappa shape index (κ3) is 11.8. The van der Waals surface area contributed by atoms with Gasteiger partial charge in [0.05, 0.1) is 32.4 Å². The molecule has 1 rings (SSSR count). The molecule has 208 valence electrons. The van der Waals surface area contributed by atoms with Gasteiger partial charge in [0.1, 0.15) is 19.8 Å². The second kappa shape index (κ2) is 16.5. The van der Waals surface area contributed by atoms with Crippen molar-refractivity contribution >= 4 is 61.8 Å². The Bertz CT molecular complexity index is 699. The molecule has 1 aliphatic rings. The van der Waals surface area contributed by atoms with Crippen molar-refractivity contribution < 1.29 is 43.6 Å². The number of ether oxygens (including phenoxy) is 3. The van der Waals surface area contributed by atoms with Gasteiger partial charge in [-0.15, -0.1) is 0 Å². The first kappa shape index (κ1) is 32.6. The number of carbonyl (C=O) groups excluding carboxylic acids is 4. The highest BCUT2D eigenvalue weighted by atomic mass is 32.1. The predicted octanol–water partition coefficient (Wildman–Crippen LogP) is 0.333. The van der Waals surface area contributed by atoms with Crippen LogP contribution in [-0.4, -0.2) is 117 Å². The van der Waals surface area contributed by atoms with Gasteiger partial charge in [0, 0.05) is 22.3 Å². The molecular formula is C21H37N3O9S3. The number of hydrogen-bond donors (Lipinski definition) is 5. The summed E-state index contributed by atoms with van der Waals surface area (Å²) in [5.74, 6) is -1.53. The number of esters is 3. The molecule has 5 atom stereocenters. The summed E-state index contributed by atoms with van der Waals surface area (Å²) in [6.07, 6.45) is -2.97.